The quantitative estimate of drug-likeness (QED) is 0.729. The first-order valence-electron chi connectivity index (χ1n) is 7.46. The Morgan fingerprint density at radius 3 is 2.52 bits per heavy atom. The van der Waals surface area contributed by atoms with Gasteiger partial charge in [0.1, 0.15) is 5.82 Å². The normalized spacial score (nSPS) is 10.3. The molecular weight excluding hydrogens is 315 g/mol. The molecule has 23 heavy (non-hydrogen) atoms. The number of benzene rings is 1. The van der Waals surface area contributed by atoms with Gasteiger partial charge in [0.05, 0.1) is 0 Å². The molecule has 2 N–H and O–H groups in total. The summed E-state index contributed by atoms with van der Waals surface area (Å²) < 4.78 is 12.8. The van der Waals surface area contributed by atoms with Crippen LogP contribution in [0.2, 0.25) is 0 Å². The molecule has 1 aromatic carbocycles. The predicted octanol–water partition coefficient (Wildman–Crippen LogP) is 2.76. The van der Waals surface area contributed by atoms with Gasteiger partial charge in [0.25, 0.3) is 5.91 Å². The summed E-state index contributed by atoms with van der Waals surface area (Å²) in [5.74, 6) is -0.415. The van der Waals surface area contributed by atoms with Crippen molar-refractivity contribution >= 4 is 23.2 Å². The number of halogens is 1. The second-order valence-electron chi connectivity index (χ2n) is 5.10. The Hall–Kier alpha value is -2.21. The highest BCUT2D eigenvalue weighted by atomic mass is 32.1. The lowest BCUT2D eigenvalue weighted by atomic mass is 10.1. The van der Waals surface area contributed by atoms with E-state index >= 15 is 0 Å². The zero-order valence-corrected chi connectivity index (χ0v) is 13.5. The van der Waals surface area contributed by atoms with Crippen molar-refractivity contribution in [3.63, 3.8) is 0 Å². The zero-order chi connectivity index (χ0) is 16.5. The fourth-order valence-corrected chi connectivity index (χ4v) is 2.67. The Kier molecular flexibility index (Phi) is 6.75. The second-order valence-corrected chi connectivity index (χ2v) is 5.88. The number of amides is 2. The summed E-state index contributed by atoms with van der Waals surface area (Å²) in [6.45, 7) is 0.992. The largest absolute Gasteiger partial charge is 0.356 e. The highest BCUT2D eigenvalue weighted by molar-refractivity contribution is 7.08. The molecule has 0 unspecified atom stereocenters. The van der Waals surface area contributed by atoms with Gasteiger partial charge in [-0.25, -0.2) is 4.39 Å². The fraction of sp³-hybridized carbons (Fsp3) is 0.294. The molecule has 6 heteroatoms. The number of carbonyl (C=O) groups excluding carboxylic acids is 2. The first-order chi connectivity index (χ1) is 11.1. The van der Waals surface area contributed by atoms with Gasteiger partial charge in [0.15, 0.2) is 0 Å². The summed E-state index contributed by atoms with van der Waals surface area (Å²) in [6, 6.07) is 8.01. The molecule has 4 nitrogen and oxygen atoms in total. The van der Waals surface area contributed by atoms with Gasteiger partial charge in [0, 0.05) is 30.5 Å². The van der Waals surface area contributed by atoms with Crippen LogP contribution in [0.5, 0.6) is 0 Å². The van der Waals surface area contributed by atoms with E-state index in [4.69, 9.17) is 0 Å². The SMILES string of the molecule is O=C(CCCNC(=O)c1ccsc1)NCCc1ccc(F)cc1. The Balaban J connectivity index is 1.55. The van der Waals surface area contributed by atoms with Gasteiger partial charge in [-0.2, -0.15) is 11.3 Å². The van der Waals surface area contributed by atoms with Gasteiger partial charge < -0.3 is 10.6 Å². The van der Waals surface area contributed by atoms with Crippen LogP contribution in [0, 0.1) is 5.82 Å². The zero-order valence-electron chi connectivity index (χ0n) is 12.7. The van der Waals surface area contributed by atoms with E-state index in [0.717, 1.165) is 5.56 Å². The van der Waals surface area contributed by atoms with Crippen LogP contribution < -0.4 is 10.6 Å². The monoisotopic (exact) mass is 334 g/mol. The van der Waals surface area contributed by atoms with Crippen LogP contribution in [-0.2, 0) is 11.2 Å². The molecule has 0 radical (unpaired) electrons. The molecule has 0 atom stereocenters. The molecule has 0 aliphatic heterocycles. The van der Waals surface area contributed by atoms with Crippen molar-refractivity contribution in [2.45, 2.75) is 19.3 Å². The molecule has 1 heterocycles. The number of carbonyl (C=O) groups is 2. The molecule has 2 amide bonds. The summed E-state index contributed by atoms with van der Waals surface area (Å²) in [5.41, 5.74) is 1.63. The number of thiophene rings is 1. The lowest BCUT2D eigenvalue weighted by Crippen LogP contribution is -2.28. The van der Waals surface area contributed by atoms with Crippen molar-refractivity contribution in [3.8, 4) is 0 Å². The Morgan fingerprint density at radius 2 is 1.83 bits per heavy atom. The molecule has 2 aromatic rings. The van der Waals surface area contributed by atoms with Crippen LogP contribution in [0.15, 0.2) is 41.1 Å². The molecule has 0 aliphatic carbocycles. The van der Waals surface area contributed by atoms with Crippen LogP contribution in [0.3, 0.4) is 0 Å². The first-order valence-corrected chi connectivity index (χ1v) is 8.41. The minimum absolute atomic E-state index is 0.0445. The molecule has 1 aromatic heterocycles. The van der Waals surface area contributed by atoms with Crippen molar-refractivity contribution in [1.29, 1.82) is 0 Å². The average Bonchev–Trinajstić information content (AvgIpc) is 3.08. The topological polar surface area (TPSA) is 58.2 Å². The maximum absolute atomic E-state index is 12.8. The maximum Gasteiger partial charge on any atom is 0.252 e. The lowest BCUT2D eigenvalue weighted by molar-refractivity contribution is -0.121. The van der Waals surface area contributed by atoms with Gasteiger partial charge in [-0.15, -0.1) is 0 Å². The molecule has 0 saturated heterocycles. The Bertz CT molecular complexity index is 627. The van der Waals surface area contributed by atoms with Gasteiger partial charge >= 0.3 is 0 Å². The van der Waals surface area contributed by atoms with E-state index in [-0.39, 0.29) is 17.6 Å². The highest BCUT2D eigenvalue weighted by Gasteiger charge is 2.05. The molecule has 0 saturated carbocycles. The van der Waals surface area contributed by atoms with Crippen molar-refractivity contribution < 1.29 is 14.0 Å². The predicted molar refractivity (Wildman–Crippen MR) is 89.0 cm³/mol. The molecule has 122 valence electrons. The van der Waals surface area contributed by atoms with E-state index in [0.29, 0.717) is 37.9 Å². The van der Waals surface area contributed by atoms with E-state index in [1.54, 1.807) is 23.6 Å². The number of rotatable bonds is 8. The number of hydrogen-bond acceptors (Lipinski definition) is 3. The smallest absolute Gasteiger partial charge is 0.252 e. The highest BCUT2D eigenvalue weighted by Crippen LogP contribution is 2.05. The number of nitrogens with one attached hydrogen (secondary N) is 2. The summed E-state index contributed by atoms with van der Waals surface area (Å²) in [7, 11) is 0. The average molecular weight is 334 g/mol. The Morgan fingerprint density at radius 1 is 1.04 bits per heavy atom. The van der Waals surface area contributed by atoms with E-state index in [9.17, 15) is 14.0 Å². The van der Waals surface area contributed by atoms with Crippen molar-refractivity contribution in [2.75, 3.05) is 13.1 Å². The van der Waals surface area contributed by atoms with Crippen molar-refractivity contribution in [1.82, 2.24) is 10.6 Å². The third-order valence-electron chi connectivity index (χ3n) is 3.30. The fourth-order valence-electron chi connectivity index (χ4n) is 2.03. The molecular formula is C17H19FN2O2S. The van der Waals surface area contributed by atoms with E-state index in [2.05, 4.69) is 10.6 Å². The van der Waals surface area contributed by atoms with E-state index in [1.165, 1.54) is 23.5 Å². The number of hydrogen-bond donors (Lipinski definition) is 2. The van der Waals surface area contributed by atoms with Crippen LogP contribution >= 0.6 is 11.3 Å². The third-order valence-corrected chi connectivity index (χ3v) is 3.98. The molecule has 0 fully saturated rings. The van der Waals surface area contributed by atoms with Crippen LogP contribution in [0.25, 0.3) is 0 Å². The third kappa shape index (κ3) is 6.20. The van der Waals surface area contributed by atoms with Gasteiger partial charge in [-0.1, -0.05) is 12.1 Å². The van der Waals surface area contributed by atoms with Crippen LogP contribution in [0.4, 0.5) is 4.39 Å². The summed E-state index contributed by atoms with van der Waals surface area (Å²) in [5, 5.41) is 9.24. The standard InChI is InChI=1S/C17H19FN2O2S/c18-15-5-3-13(4-6-15)7-10-19-16(21)2-1-9-20-17(22)14-8-11-23-12-14/h3-6,8,11-12H,1-2,7,9-10H2,(H,19,21)(H,20,22). The van der Waals surface area contributed by atoms with Gasteiger partial charge in [-0.3, -0.25) is 9.59 Å². The first kappa shape index (κ1) is 17.1. The molecule has 0 bridgehead atoms. The maximum atomic E-state index is 12.8. The molecule has 2 rings (SSSR count). The summed E-state index contributed by atoms with van der Waals surface area (Å²) in [4.78, 5) is 23.4. The van der Waals surface area contributed by atoms with Crippen molar-refractivity contribution in [2.24, 2.45) is 0 Å². The van der Waals surface area contributed by atoms with E-state index in [1.807, 2.05) is 5.38 Å². The Labute approximate surface area is 138 Å². The molecule has 0 aliphatic rings. The van der Waals surface area contributed by atoms with Gasteiger partial charge in [-0.05, 0) is 42.0 Å². The second kappa shape index (κ2) is 9.05. The lowest BCUT2D eigenvalue weighted by Gasteiger charge is -2.06. The summed E-state index contributed by atoms with van der Waals surface area (Å²) in [6.07, 6.45) is 1.63. The van der Waals surface area contributed by atoms with Crippen LogP contribution in [-0.4, -0.2) is 24.9 Å². The van der Waals surface area contributed by atoms with E-state index < -0.39 is 0 Å². The minimum Gasteiger partial charge on any atom is -0.356 e. The van der Waals surface area contributed by atoms with Gasteiger partial charge in [0.2, 0.25) is 5.91 Å². The molecule has 0 spiro atoms. The summed E-state index contributed by atoms with van der Waals surface area (Å²) >= 11 is 1.47. The van der Waals surface area contributed by atoms with Crippen LogP contribution in [0.1, 0.15) is 28.8 Å². The minimum atomic E-state index is -0.262. The van der Waals surface area contributed by atoms with Crippen molar-refractivity contribution in [3.05, 3.63) is 58.0 Å².